The summed E-state index contributed by atoms with van der Waals surface area (Å²) in [7, 11) is 0. The number of morpholine rings is 1. The Hall–Kier alpha value is -0.880. The second kappa shape index (κ2) is 6.33. The van der Waals surface area contributed by atoms with Crippen LogP contribution in [0, 0.1) is 0 Å². The lowest BCUT2D eigenvalue weighted by atomic mass is 10.1. The van der Waals surface area contributed by atoms with Crippen LogP contribution in [0.15, 0.2) is 0 Å². The lowest BCUT2D eigenvalue weighted by Gasteiger charge is -2.38. The van der Waals surface area contributed by atoms with Gasteiger partial charge in [-0.1, -0.05) is 0 Å². The number of carbonyl (C=O) groups excluding carboxylic acids is 1. The Labute approximate surface area is 107 Å². The summed E-state index contributed by atoms with van der Waals surface area (Å²) in [5.74, 6) is 0. The first kappa shape index (κ1) is 15.2. The lowest BCUT2D eigenvalue weighted by Crippen LogP contribution is -2.54. The molecule has 1 rings (SSSR count). The molecule has 0 spiro atoms. The van der Waals surface area contributed by atoms with Crippen molar-refractivity contribution in [3.8, 4) is 0 Å². The zero-order chi connectivity index (χ0) is 13.8. The molecule has 6 heteroatoms. The molecule has 0 saturated carbocycles. The molecule has 18 heavy (non-hydrogen) atoms. The van der Waals surface area contributed by atoms with Crippen LogP contribution in [-0.2, 0) is 9.47 Å². The van der Waals surface area contributed by atoms with Gasteiger partial charge in [0.25, 0.3) is 0 Å². The van der Waals surface area contributed by atoms with E-state index in [1.807, 2.05) is 0 Å². The highest BCUT2D eigenvalue weighted by atomic mass is 19.1. The van der Waals surface area contributed by atoms with Crippen molar-refractivity contribution >= 4 is 6.09 Å². The quantitative estimate of drug-likeness (QED) is 0.833. The van der Waals surface area contributed by atoms with Crippen molar-refractivity contribution in [2.45, 2.75) is 45.0 Å². The molecule has 0 aromatic rings. The van der Waals surface area contributed by atoms with E-state index in [1.165, 1.54) is 4.90 Å². The van der Waals surface area contributed by atoms with E-state index in [0.717, 1.165) is 0 Å². The molecule has 0 bridgehead atoms. The van der Waals surface area contributed by atoms with Gasteiger partial charge in [-0.25, -0.2) is 9.18 Å². The fraction of sp³-hybridized carbons (Fsp3) is 0.917. The minimum absolute atomic E-state index is 0.195. The average Bonchev–Trinajstić information content (AvgIpc) is 2.27. The smallest absolute Gasteiger partial charge is 0.410 e. The number of nitrogens with zero attached hydrogens (tertiary/aromatic N) is 1. The monoisotopic (exact) mass is 262 g/mol. The second-order valence-electron chi connectivity index (χ2n) is 5.41. The minimum atomic E-state index is -1.18. The topological polar surface area (TPSA) is 64.8 Å². The third kappa shape index (κ3) is 4.42. The highest BCUT2D eigenvalue weighted by Crippen LogP contribution is 2.19. The van der Waals surface area contributed by atoms with E-state index in [-0.39, 0.29) is 19.6 Å². The number of carbonyl (C=O) groups is 1. The van der Waals surface area contributed by atoms with Gasteiger partial charge in [-0.2, -0.15) is 0 Å². The Balaban J connectivity index is 2.67. The molecule has 2 N–H and O–H groups in total. The maximum atomic E-state index is 13.9. The molecule has 1 aliphatic heterocycles. The van der Waals surface area contributed by atoms with E-state index in [1.54, 1.807) is 20.8 Å². The highest BCUT2D eigenvalue weighted by Gasteiger charge is 2.35. The predicted octanol–water partition coefficient (Wildman–Crippen LogP) is 1.31. The molecule has 1 amide bonds. The maximum Gasteiger partial charge on any atom is 0.410 e. The van der Waals surface area contributed by atoms with E-state index >= 15 is 0 Å². The first-order chi connectivity index (χ1) is 8.35. The van der Waals surface area contributed by atoms with Crippen LogP contribution in [0.25, 0.3) is 0 Å². The van der Waals surface area contributed by atoms with E-state index < -0.39 is 23.9 Å². The lowest BCUT2D eigenvalue weighted by molar-refractivity contribution is -0.0520. The van der Waals surface area contributed by atoms with Gasteiger partial charge in [0, 0.05) is 6.54 Å². The summed E-state index contributed by atoms with van der Waals surface area (Å²) in [5.41, 5.74) is 4.76. The van der Waals surface area contributed by atoms with Crippen LogP contribution in [0.4, 0.5) is 9.18 Å². The van der Waals surface area contributed by atoms with Crippen molar-refractivity contribution in [1.29, 1.82) is 0 Å². The van der Waals surface area contributed by atoms with Crippen LogP contribution in [0.5, 0.6) is 0 Å². The summed E-state index contributed by atoms with van der Waals surface area (Å²) in [6, 6.07) is -0.600. The summed E-state index contributed by atoms with van der Waals surface area (Å²) in [5, 5.41) is 0. The Morgan fingerprint density at radius 1 is 1.61 bits per heavy atom. The van der Waals surface area contributed by atoms with Gasteiger partial charge in [-0.15, -0.1) is 0 Å². The van der Waals surface area contributed by atoms with Gasteiger partial charge in [0.05, 0.1) is 19.3 Å². The zero-order valence-electron chi connectivity index (χ0n) is 11.3. The van der Waals surface area contributed by atoms with Crippen molar-refractivity contribution < 1.29 is 18.7 Å². The molecule has 2 unspecified atom stereocenters. The number of hydrogen-bond donors (Lipinski definition) is 1. The Bertz CT molecular complexity index is 281. The summed E-state index contributed by atoms with van der Waals surface area (Å²) >= 11 is 0. The molecular weight excluding hydrogens is 239 g/mol. The summed E-state index contributed by atoms with van der Waals surface area (Å²) in [6.07, 6.45) is -1.45. The Morgan fingerprint density at radius 2 is 2.28 bits per heavy atom. The van der Waals surface area contributed by atoms with Crippen LogP contribution in [0.2, 0.25) is 0 Å². The van der Waals surface area contributed by atoms with Crippen LogP contribution >= 0.6 is 0 Å². The third-order valence-corrected chi connectivity index (χ3v) is 2.65. The van der Waals surface area contributed by atoms with Gasteiger partial charge < -0.3 is 15.2 Å². The van der Waals surface area contributed by atoms with Gasteiger partial charge in [-0.05, 0) is 33.7 Å². The summed E-state index contributed by atoms with van der Waals surface area (Å²) in [6.45, 7) is 6.56. The predicted molar refractivity (Wildman–Crippen MR) is 66.1 cm³/mol. The number of hydrogen-bond acceptors (Lipinski definition) is 4. The van der Waals surface area contributed by atoms with Crippen molar-refractivity contribution in [2.75, 3.05) is 26.3 Å². The van der Waals surface area contributed by atoms with Crippen molar-refractivity contribution in [3.63, 3.8) is 0 Å². The molecule has 2 atom stereocenters. The molecule has 0 aromatic heterocycles. The average molecular weight is 262 g/mol. The molecule has 0 radical (unpaired) electrons. The van der Waals surface area contributed by atoms with Crippen LogP contribution in [0.3, 0.4) is 0 Å². The summed E-state index contributed by atoms with van der Waals surface area (Å²) in [4.78, 5) is 13.4. The maximum absolute atomic E-state index is 13.9. The van der Waals surface area contributed by atoms with E-state index in [0.29, 0.717) is 13.2 Å². The molecule has 1 fully saturated rings. The molecule has 0 aromatic carbocycles. The van der Waals surface area contributed by atoms with Crippen LogP contribution < -0.4 is 5.73 Å². The van der Waals surface area contributed by atoms with Crippen molar-refractivity contribution in [2.24, 2.45) is 5.73 Å². The second-order valence-corrected chi connectivity index (χ2v) is 5.41. The number of alkyl halides is 1. The Kier molecular flexibility index (Phi) is 5.34. The number of nitrogens with two attached hydrogens (primary N) is 1. The van der Waals surface area contributed by atoms with Gasteiger partial charge >= 0.3 is 6.09 Å². The molecule has 1 aliphatic rings. The molecule has 1 heterocycles. The third-order valence-electron chi connectivity index (χ3n) is 2.65. The van der Waals surface area contributed by atoms with Crippen LogP contribution in [-0.4, -0.2) is 55.1 Å². The first-order valence-corrected chi connectivity index (χ1v) is 6.26. The standard InChI is InChI=1S/C12H23FN2O3/c1-12(2,3)18-11(16)15-6-7-17-8-10(15)9(13)4-5-14/h9-10H,4-8,14H2,1-3H3. The molecule has 106 valence electrons. The minimum Gasteiger partial charge on any atom is -0.444 e. The first-order valence-electron chi connectivity index (χ1n) is 6.26. The summed E-state index contributed by atoms with van der Waals surface area (Å²) < 4.78 is 24.4. The SMILES string of the molecule is CC(C)(C)OC(=O)N1CCOCC1C(F)CCN. The molecular formula is C12H23FN2O3. The van der Waals surface area contributed by atoms with E-state index in [4.69, 9.17) is 15.2 Å². The molecule has 0 aliphatic carbocycles. The normalized spacial score (nSPS) is 22.7. The fourth-order valence-electron chi connectivity index (χ4n) is 1.82. The van der Waals surface area contributed by atoms with Crippen molar-refractivity contribution in [1.82, 2.24) is 4.90 Å². The number of ether oxygens (including phenoxy) is 2. The van der Waals surface area contributed by atoms with Crippen molar-refractivity contribution in [3.05, 3.63) is 0 Å². The zero-order valence-corrected chi connectivity index (χ0v) is 11.3. The fourth-order valence-corrected chi connectivity index (χ4v) is 1.82. The van der Waals surface area contributed by atoms with Gasteiger partial charge in [-0.3, -0.25) is 4.90 Å². The van der Waals surface area contributed by atoms with E-state index in [9.17, 15) is 9.18 Å². The van der Waals surface area contributed by atoms with Gasteiger partial charge in [0.2, 0.25) is 0 Å². The Morgan fingerprint density at radius 3 is 2.83 bits per heavy atom. The van der Waals surface area contributed by atoms with E-state index in [2.05, 4.69) is 0 Å². The molecule has 1 saturated heterocycles. The largest absolute Gasteiger partial charge is 0.444 e. The number of halogens is 1. The highest BCUT2D eigenvalue weighted by molar-refractivity contribution is 5.68. The molecule has 5 nitrogen and oxygen atoms in total. The number of rotatable bonds is 3. The van der Waals surface area contributed by atoms with Crippen LogP contribution in [0.1, 0.15) is 27.2 Å². The number of amides is 1. The van der Waals surface area contributed by atoms with Gasteiger partial charge in [0.1, 0.15) is 11.8 Å². The van der Waals surface area contributed by atoms with Gasteiger partial charge in [0.15, 0.2) is 0 Å².